The molecule has 5 heteroatoms. The first-order valence-electron chi connectivity index (χ1n) is 6.61. The van der Waals surface area contributed by atoms with Gasteiger partial charge in [0, 0.05) is 13.1 Å². The normalized spacial score (nSPS) is 18.0. The minimum atomic E-state index is -0.176. The van der Waals surface area contributed by atoms with E-state index in [1.54, 1.807) is 0 Å². The van der Waals surface area contributed by atoms with Crippen molar-refractivity contribution in [3.63, 3.8) is 0 Å². The maximum Gasteiger partial charge on any atom is 0.314 e. The van der Waals surface area contributed by atoms with Crippen molar-refractivity contribution < 1.29 is 9.90 Å². The van der Waals surface area contributed by atoms with Crippen LogP contribution in [0.5, 0.6) is 0 Å². The van der Waals surface area contributed by atoms with Gasteiger partial charge in [-0.25, -0.2) is 4.79 Å². The number of aliphatic hydroxyl groups is 1. The van der Waals surface area contributed by atoms with Crippen molar-refractivity contribution in [1.82, 2.24) is 15.5 Å². The van der Waals surface area contributed by atoms with Gasteiger partial charge in [-0.2, -0.15) is 0 Å². The van der Waals surface area contributed by atoms with Crippen LogP contribution in [0, 0.1) is 5.92 Å². The Morgan fingerprint density at radius 3 is 2.53 bits per heavy atom. The van der Waals surface area contributed by atoms with Gasteiger partial charge in [0.15, 0.2) is 0 Å². The highest BCUT2D eigenvalue weighted by atomic mass is 16.3. The Morgan fingerprint density at radius 2 is 1.94 bits per heavy atom. The molecule has 0 spiro atoms. The molecule has 17 heavy (non-hydrogen) atoms. The van der Waals surface area contributed by atoms with E-state index in [0.717, 1.165) is 25.4 Å². The third-order valence-electron chi connectivity index (χ3n) is 3.39. The standard InChI is InChI=1S/C12H25N3O2/c1-2-15-8-4-11(5-9-15)3-6-13-12(17)14-7-10-16/h11,16H,2-10H2,1H3,(H2,13,14,17). The molecule has 1 heterocycles. The number of aliphatic hydroxyl groups excluding tert-OH is 1. The molecule has 0 saturated carbocycles. The Morgan fingerprint density at radius 1 is 1.29 bits per heavy atom. The lowest BCUT2D eigenvalue weighted by atomic mass is 9.93. The van der Waals surface area contributed by atoms with Gasteiger partial charge < -0.3 is 20.6 Å². The molecular formula is C12H25N3O2. The number of hydrogen-bond acceptors (Lipinski definition) is 3. The van der Waals surface area contributed by atoms with E-state index >= 15 is 0 Å². The largest absolute Gasteiger partial charge is 0.395 e. The maximum absolute atomic E-state index is 11.2. The first-order valence-corrected chi connectivity index (χ1v) is 6.61. The zero-order valence-corrected chi connectivity index (χ0v) is 10.7. The summed E-state index contributed by atoms with van der Waals surface area (Å²) in [6.45, 7) is 6.77. The summed E-state index contributed by atoms with van der Waals surface area (Å²) < 4.78 is 0. The fourth-order valence-corrected chi connectivity index (χ4v) is 2.21. The molecular weight excluding hydrogens is 218 g/mol. The minimum Gasteiger partial charge on any atom is -0.395 e. The zero-order chi connectivity index (χ0) is 12.5. The van der Waals surface area contributed by atoms with E-state index in [9.17, 15) is 4.79 Å². The maximum atomic E-state index is 11.2. The van der Waals surface area contributed by atoms with Gasteiger partial charge in [0.25, 0.3) is 0 Å². The number of nitrogens with one attached hydrogen (secondary N) is 2. The summed E-state index contributed by atoms with van der Waals surface area (Å²) in [6.07, 6.45) is 3.55. The van der Waals surface area contributed by atoms with E-state index in [4.69, 9.17) is 5.11 Å². The molecule has 0 aromatic rings. The molecule has 100 valence electrons. The Kier molecular flexibility index (Phi) is 6.96. The lowest BCUT2D eigenvalue weighted by Gasteiger charge is -2.30. The number of rotatable bonds is 6. The van der Waals surface area contributed by atoms with Crippen molar-refractivity contribution in [1.29, 1.82) is 0 Å². The number of likely N-dealkylation sites (tertiary alicyclic amines) is 1. The van der Waals surface area contributed by atoms with Crippen molar-refractivity contribution in [3.05, 3.63) is 0 Å². The van der Waals surface area contributed by atoms with E-state index in [-0.39, 0.29) is 12.6 Å². The molecule has 0 bridgehead atoms. The Bertz CT molecular complexity index is 216. The molecule has 0 aromatic heterocycles. The summed E-state index contributed by atoms with van der Waals surface area (Å²) in [7, 11) is 0. The first-order chi connectivity index (χ1) is 8.26. The lowest BCUT2D eigenvalue weighted by Crippen LogP contribution is -2.39. The van der Waals surface area contributed by atoms with Gasteiger partial charge in [0.05, 0.1) is 6.61 Å². The van der Waals surface area contributed by atoms with Gasteiger partial charge in [0.1, 0.15) is 0 Å². The van der Waals surface area contributed by atoms with E-state index in [2.05, 4.69) is 22.5 Å². The molecule has 0 atom stereocenters. The van der Waals surface area contributed by atoms with Crippen LogP contribution in [0.15, 0.2) is 0 Å². The van der Waals surface area contributed by atoms with Crippen LogP contribution in [0.1, 0.15) is 26.2 Å². The Balaban J connectivity index is 2.01. The van der Waals surface area contributed by atoms with Crippen molar-refractivity contribution in [2.45, 2.75) is 26.2 Å². The molecule has 1 aliphatic rings. The van der Waals surface area contributed by atoms with Crippen molar-refractivity contribution >= 4 is 6.03 Å². The lowest BCUT2D eigenvalue weighted by molar-refractivity contribution is 0.186. The smallest absolute Gasteiger partial charge is 0.314 e. The van der Waals surface area contributed by atoms with Crippen molar-refractivity contribution in [2.24, 2.45) is 5.92 Å². The van der Waals surface area contributed by atoms with E-state index < -0.39 is 0 Å². The van der Waals surface area contributed by atoms with Crippen LogP contribution >= 0.6 is 0 Å². The highest BCUT2D eigenvalue weighted by molar-refractivity contribution is 5.73. The Labute approximate surface area is 104 Å². The van der Waals surface area contributed by atoms with Crippen LogP contribution in [0.3, 0.4) is 0 Å². The van der Waals surface area contributed by atoms with E-state index in [1.807, 2.05) is 0 Å². The molecule has 0 unspecified atom stereocenters. The summed E-state index contributed by atoms with van der Waals surface area (Å²) >= 11 is 0. The van der Waals surface area contributed by atoms with Crippen LogP contribution in [0.2, 0.25) is 0 Å². The molecule has 5 nitrogen and oxygen atoms in total. The average Bonchev–Trinajstić information content (AvgIpc) is 2.37. The predicted octanol–water partition coefficient (Wildman–Crippen LogP) is 0.400. The van der Waals surface area contributed by atoms with Gasteiger partial charge in [-0.1, -0.05) is 6.92 Å². The summed E-state index contributed by atoms with van der Waals surface area (Å²) in [4.78, 5) is 13.7. The summed E-state index contributed by atoms with van der Waals surface area (Å²) in [6, 6.07) is -0.176. The van der Waals surface area contributed by atoms with E-state index in [0.29, 0.717) is 6.54 Å². The third kappa shape index (κ3) is 5.89. The molecule has 0 aliphatic carbocycles. The molecule has 0 aromatic carbocycles. The molecule has 2 amide bonds. The topological polar surface area (TPSA) is 64.6 Å². The number of amides is 2. The highest BCUT2D eigenvalue weighted by Gasteiger charge is 2.17. The second-order valence-corrected chi connectivity index (χ2v) is 4.57. The molecule has 1 saturated heterocycles. The van der Waals surface area contributed by atoms with Crippen LogP contribution in [-0.4, -0.2) is 55.4 Å². The zero-order valence-electron chi connectivity index (χ0n) is 10.7. The van der Waals surface area contributed by atoms with Gasteiger partial charge >= 0.3 is 6.03 Å². The molecule has 1 aliphatic heterocycles. The molecule has 0 radical (unpaired) electrons. The van der Waals surface area contributed by atoms with Crippen LogP contribution in [0.25, 0.3) is 0 Å². The first kappa shape index (κ1) is 14.3. The van der Waals surface area contributed by atoms with E-state index in [1.165, 1.54) is 25.9 Å². The number of piperidine rings is 1. The van der Waals surface area contributed by atoms with Crippen LogP contribution < -0.4 is 10.6 Å². The van der Waals surface area contributed by atoms with Gasteiger partial charge in [-0.3, -0.25) is 0 Å². The van der Waals surface area contributed by atoms with Crippen molar-refractivity contribution in [3.8, 4) is 0 Å². The predicted molar refractivity (Wildman–Crippen MR) is 67.9 cm³/mol. The van der Waals surface area contributed by atoms with Crippen LogP contribution in [-0.2, 0) is 0 Å². The number of carbonyl (C=O) groups excluding carboxylic acids is 1. The fraction of sp³-hybridized carbons (Fsp3) is 0.917. The van der Waals surface area contributed by atoms with Crippen LogP contribution in [0.4, 0.5) is 4.79 Å². The fourth-order valence-electron chi connectivity index (χ4n) is 2.21. The number of hydrogen-bond donors (Lipinski definition) is 3. The third-order valence-corrected chi connectivity index (χ3v) is 3.39. The summed E-state index contributed by atoms with van der Waals surface area (Å²) in [5.74, 6) is 0.746. The van der Waals surface area contributed by atoms with Gasteiger partial charge in [-0.15, -0.1) is 0 Å². The minimum absolute atomic E-state index is 0.0110. The monoisotopic (exact) mass is 243 g/mol. The summed E-state index contributed by atoms with van der Waals surface area (Å²) in [5.41, 5.74) is 0. The van der Waals surface area contributed by atoms with Crippen molar-refractivity contribution in [2.75, 3.05) is 39.3 Å². The van der Waals surface area contributed by atoms with Gasteiger partial charge in [0.2, 0.25) is 0 Å². The summed E-state index contributed by atoms with van der Waals surface area (Å²) in [5, 5.41) is 13.9. The molecule has 1 rings (SSSR count). The second kappa shape index (κ2) is 8.31. The Hall–Kier alpha value is -0.810. The highest BCUT2D eigenvalue weighted by Crippen LogP contribution is 2.19. The average molecular weight is 243 g/mol. The molecule has 3 N–H and O–H groups in total. The SMILES string of the molecule is CCN1CCC(CCNC(=O)NCCO)CC1. The number of nitrogens with zero attached hydrogens (tertiary/aromatic N) is 1. The number of carbonyl (C=O) groups is 1. The molecule has 1 fully saturated rings. The second-order valence-electron chi connectivity index (χ2n) is 4.57. The number of urea groups is 1. The quantitative estimate of drug-likeness (QED) is 0.633. The van der Waals surface area contributed by atoms with Gasteiger partial charge in [-0.05, 0) is 44.8 Å².